The van der Waals surface area contributed by atoms with E-state index in [0.717, 1.165) is 37.7 Å². The number of rotatable bonds is 3. The number of hydrogen-bond acceptors (Lipinski definition) is 3. The van der Waals surface area contributed by atoms with Crippen molar-refractivity contribution in [2.24, 2.45) is 23.2 Å². The van der Waals surface area contributed by atoms with E-state index < -0.39 is 14.1 Å². The summed E-state index contributed by atoms with van der Waals surface area (Å²) in [5, 5.41) is 0.215. The number of hydrogen-bond donors (Lipinski definition) is 0. The molecular formula is C28H42O3Si. The Morgan fingerprint density at radius 1 is 1.03 bits per heavy atom. The summed E-state index contributed by atoms with van der Waals surface area (Å²) >= 11 is 0. The Hall–Kier alpha value is -1.10. The lowest BCUT2D eigenvalue weighted by atomic mass is 9.57. The van der Waals surface area contributed by atoms with Crippen LogP contribution in [0.3, 0.4) is 0 Å². The van der Waals surface area contributed by atoms with E-state index in [0.29, 0.717) is 11.8 Å². The van der Waals surface area contributed by atoms with E-state index in [4.69, 9.17) is 13.9 Å². The van der Waals surface area contributed by atoms with Crippen LogP contribution in [0, 0.1) is 23.2 Å². The van der Waals surface area contributed by atoms with Gasteiger partial charge in [0.05, 0.1) is 13.2 Å². The summed E-state index contributed by atoms with van der Waals surface area (Å²) in [6.45, 7) is 17.8. The maximum Gasteiger partial charge on any atom is 0.250 e. The molecule has 4 aliphatic rings. The average Bonchev–Trinajstić information content (AvgIpc) is 3.30. The Morgan fingerprint density at radius 3 is 2.44 bits per heavy atom. The van der Waals surface area contributed by atoms with Crippen LogP contribution in [-0.4, -0.2) is 27.3 Å². The van der Waals surface area contributed by atoms with Gasteiger partial charge < -0.3 is 13.9 Å². The average molecular weight is 455 g/mol. The van der Waals surface area contributed by atoms with Crippen LogP contribution >= 0.6 is 0 Å². The highest BCUT2D eigenvalue weighted by molar-refractivity contribution is 6.74. The van der Waals surface area contributed by atoms with Crippen LogP contribution in [0.1, 0.15) is 71.4 Å². The van der Waals surface area contributed by atoms with Crippen LogP contribution in [0.5, 0.6) is 5.75 Å². The van der Waals surface area contributed by atoms with Gasteiger partial charge in [-0.15, -0.1) is 0 Å². The lowest BCUT2D eigenvalue weighted by Gasteiger charge is -2.49. The van der Waals surface area contributed by atoms with Crippen molar-refractivity contribution in [3.8, 4) is 5.75 Å². The maximum atomic E-state index is 6.63. The first kappa shape index (κ1) is 22.7. The molecule has 32 heavy (non-hydrogen) atoms. The molecule has 1 heterocycles. The molecule has 0 bridgehead atoms. The second-order valence-corrected chi connectivity index (χ2v) is 17.4. The van der Waals surface area contributed by atoms with Crippen LogP contribution in [0.2, 0.25) is 18.1 Å². The zero-order valence-electron chi connectivity index (χ0n) is 21.2. The van der Waals surface area contributed by atoms with Crippen LogP contribution in [0.25, 0.3) is 5.57 Å². The fourth-order valence-corrected chi connectivity index (χ4v) is 8.08. The highest BCUT2D eigenvalue weighted by Gasteiger charge is 2.59. The molecule has 0 radical (unpaired) electrons. The van der Waals surface area contributed by atoms with Gasteiger partial charge in [-0.05, 0) is 103 Å². The maximum absolute atomic E-state index is 6.63. The van der Waals surface area contributed by atoms with Crippen molar-refractivity contribution in [3.63, 3.8) is 0 Å². The number of benzene rings is 1. The van der Waals surface area contributed by atoms with E-state index >= 15 is 0 Å². The molecule has 5 rings (SSSR count). The van der Waals surface area contributed by atoms with Gasteiger partial charge in [-0.2, -0.15) is 0 Å². The standard InChI is InChI=1S/C28H42O3Si/c1-26(2,3)32(6,7)31-20-9-11-21-19(18-20)8-10-23-22(21)14-15-27(4)24(23)12-13-25(27)28(5)29-16-17-30-28/h9,11,14,18,23-25H,8,10,12-13,15-17H2,1-7H3/t23?,24?,25?,27-/m0/s1. The van der Waals surface area contributed by atoms with E-state index in [9.17, 15) is 0 Å². The fourth-order valence-electron chi connectivity index (χ4n) is 7.06. The van der Waals surface area contributed by atoms with Crippen molar-refractivity contribution in [2.45, 2.75) is 90.6 Å². The number of allylic oxidation sites excluding steroid dienone is 2. The van der Waals surface area contributed by atoms with Gasteiger partial charge in [0.1, 0.15) is 5.75 Å². The summed E-state index contributed by atoms with van der Waals surface area (Å²) in [5.41, 5.74) is 4.84. The van der Waals surface area contributed by atoms with Crippen LogP contribution in [-0.2, 0) is 15.9 Å². The highest BCUT2D eigenvalue weighted by atomic mass is 28.4. The van der Waals surface area contributed by atoms with Gasteiger partial charge in [-0.3, -0.25) is 0 Å². The summed E-state index contributed by atoms with van der Waals surface area (Å²) < 4.78 is 18.9. The first-order valence-corrected chi connectivity index (χ1v) is 15.7. The number of aryl methyl sites for hydroxylation is 1. The molecule has 1 aromatic rings. The third-order valence-electron chi connectivity index (χ3n) is 9.84. The quantitative estimate of drug-likeness (QED) is 0.451. The lowest BCUT2D eigenvalue weighted by molar-refractivity contribution is -0.206. The van der Waals surface area contributed by atoms with Crippen molar-refractivity contribution >= 4 is 13.9 Å². The minimum atomic E-state index is -1.82. The normalized spacial score (nSPS) is 33.8. The molecule has 3 aliphatic carbocycles. The minimum absolute atomic E-state index is 0.215. The van der Waals surface area contributed by atoms with Crippen molar-refractivity contribution in [1.82, 2.24) is 0 Å². The van der Waals surface area contributed by atoms with E-state index in [-0.39, 0.29) is 10.5 Å². The van der Waals surface area contributed by atoms with Gasteiger partial charge in [0.2, 0.25) is 8.32 Å². The van der Waals surface area contributed by atoms with E-state index in [1.807, 2.05) is 0 Å². The van der Waals surface area contributed by atoms with Crippen LogP contribution in [0.4, 0.5) is 0 Å². The molecule has 0 N–H and O–H groups in total. The lowest BCUT2D eigenvalue weighted by Crippen LogP contribution is -2.47. The van der Waals surface area contributed by atoms with Gasteiger partial charge in [-0.1, -0.05) is 39.8 Å². The molecule has 4 heteroatoms. The monoisotopic (exact) mass is 454 g/mol. The molecule has 3 unspecified atom stereocenters. The Labute approximate surface area is 196 Å². The second kappa shape index (κ2) is 7.45. The zero-order valence-corrected chi connectivity index (χ0v) is 22.2. The van der Waals surface area contributed by atoms with Crippen molar-refractivity contribution in [1.29, 1.82) is 0 Å². The molecule has 3 nitrogen and oxygen atoms in total. The second-order valence-electron chi connectivity index (χ2n) is 12.6. The zero-order chi connectivity index (χ0) is 22.9. The van der Waals surface area contributed by atoms with E-state index in [1.165, 1.54) is 30.4 Å². The molecule has 1 saturated heterocycles. The smallest absolute Gasteiger partial charge is 0.250 e. The SMILES string of the molecule is CC1(C2CCC3C4CCc5cc(O[Si](C)(C)C(C)(C)C)ccc5C4=CC[C@@]32C)OCCO1. The summed E-state index contributed by atoms with van der Waals surface area (Å²) in [4.78, 5) is 0. The predicted octanol–water partition coefficient (Wildman–Crippen LogP) is 7.22. The molecular weight excluding hydrogens is 412 g/mol. The highest BCUT2D eigenvalue weighted by Crippen LogP contribution is 2.63. The summed E-state index contributed by atoms with van der Waals surface area (Å²) in [5.74, 6) is 2.57. The van der Waals surface area contributed by atoms with Crippen molar-refractivity contribution < 1.29 is 13.9 Å². The Bertz CT molecular complexity index is 921. The molecule has 1 aliphatic heterocycles. The molecule has 0 spiro atoms. The van der Waals surface area contributed by atoms with Crippen molar-refractivity contribution in [3.05, 3.63) is 35.4 Å². The van der Waals surface area contributed by atoms with E-state index in [2.05, 4.69) is 72.0 Å². The first-order chi connectivity index (χ1) is 14.9. The number of fused-ring (bicyclic) bond motifs is 5. The molecule has 0 aromatic heterocycles. The van der Waals surface area contributed by atoms with Gasteiger partial charge in [-0.25, -0.2) is 0 Å². The molecule has 4 atom stereocenters. The topological polar surface area (TPSA) is 27.7 Å². The Balaban J connectivity index is 1.42. The number of ether oxygens (including phenoxy) is 2. The summed E-state index contributed by atoms with van der Waals surface area (Å²) in [6, 6.07) is 6.93. The molecule has 2 fully saturated rings. The molecule has 176 valence electrons. The third-order valence-corrected chi connectivity index (χ3v) is 14.2. The Morgan fingerprint density at radius 2 is 1.75 bits per heavy atom. The van der Waals surface area contributed by atoms with E-state index in [1.54, 1.807) is 5.57 Å². The van der Waals surface area contributed by atoms with Crippen LogP contribution < -0.4 is 4.43 Å². The van der Waals surface area contributed by atoms with Crippen LogP contribution in [0.15, 0.2) is 24.3 Å². The molecule has 1 aromatic carbocycles. The predicted molar refractivity (Wildman–Crippen MR) is 133 cm³/mol. The fraction of sp³-hybridized carbons (Fsp3) is 0.714. The third kappa shape index (κ3) is 3.44. The van der Waals surface area contributed by atoms with Gasteiger partial charge >= 0.3 is 0 Å². The Kier molecular flexibility index (Phi) is 5.28. The summed E-state index contributed by atoms with van der Waals surface area (Å²) in [6.07, 6.45) is 8.65. The largest absolute Gasteiger partial charge is 0.543 e. The van der Waals surface area contributed by atoms with Gasteiger partial charge in [0, 0.05) is 5.92 Å². The van der Waals surface area contributed by atoms with Crippen molar-refractivity contribution in [2.75, 3.05) is 13.2 Å². The summed E-state index contributed by atoms with van der Waals surface area (Å²) in [7, 11) is -1.82. The van der Waals surface area contributed by atoms with Gasteiger partial charge in [0.25, 0.3) is 0 Å². The first-order valence-electron chi connectivity index (χ1n) is 12.7. The van der Waals surface area contributed by atoms with Gasteiger partial charge in [0.15, 0.2) is 5.79 Å². The molecule has 0 amide bonds. The minimum Gasteiger partial charge on any atom is -0.543 e. The molecule has 1 saturated carbocycles.